The summed E-state index contributed by atoms with van der Waals surface area (Å²) in [6, 6.07) is 4.78. The third kappa shape index (κ3) is 3.01. The molecule has 0 bridgehead atoms. The van der Waals surface area contributed by atoms with E-state index in [9.17, 15) is 13.2 Å². The summed E-state index contributed by atoms with van der Waals surface area (Å²) >= 11 is 0. The number of nitrogen functional groups attached to an aromatic ring is 1. The maximum Gasteiger partial charge on any atom is 0.237 e. The number of hydrogen-bond acceptors (Lipinski definition) is 4. The minimum absolute atomic E-state index is 0.0281. The van der Waals surface area contributed by atoms with Gasteiger partial charge in [0.05, 0.1) is 10.6 Å². The van der Waals surface area contributed by atoms with Crippen molar-refractivity contribution in [2.75, 3.05) is 25.1 Å². The Morgan fingerprint density at radius 3 is 2.56 bits per heavy atom. The molecule has 0 spiro atoms. The number of carbonyl (C=O) groups excluding carboxylic acids is 1. The molecule has 0 aliphatic carbocycles. The Bertz CT molecular complexity index is 552. The number of nitrogens with two attached hydrogens (primary N) is 1. The lowest BCUT2D eigenvalue weighted by atomic mass is 10.2. The fourth-order valence-corrected chi connectivity index (χ4v) is 2.93. The van der Waals surface area contributed by atoms with E-state index >= 15 is 0 Å². The first-order valence-corrected chi connectivity index (χ1v) is 7.26. The van der Waals surface area contributed by atoms with Crippen LogP contribution < -0.4 is 5.73 Å². The molecule has 0 fully saturated rings. The smallest absolute Gasteiger partial charge is 0.237 e. The maximum absolute atomic E-state index is 12.1. The van der Waals surface area contributed by atoms with Gasteiger partial charge in [-0.2, -0.15) is 0 Å². The van der Waals surface area contributed by atoms with E-state index < -0.39 is 21.5 Å². The van der Waals surface area contributed by atoms with Gasteiger partial charge in [0.15, 0.2) is 9.84 Å². The molecule has 2 N–H and O–H groups in total. The van der Waals surface area contributed by atoms with Crippen LogP contribution in [0.4, 0.5) is 5.69 Å². The number of carbonyl (C=O) groups is 1. The molecule has 1 rings (SSSR count). The highest BCUT2D eigenvalue weighted by Gasteiger charge is 2.23. The zero-order chi connectivity index (χ0) is 13.9. The third-order valence-corrected chi connectivity index (χ3v) is 4.49. The first-order chi connectivity index (χ1) is 8.29. The van der Waals surface area contributed by atoms with Crippen LogP contribution >= 0.6 is 0 Å². The maximum atomic E-state index is 12.1. The molecule has 0 radical (unpaired) electrons. The molecule has 0 saturated heterocycles. The van der Waals surface area contributed by atoms with Crippen molar-refractivity contribution in [1.82, 2.24) is 4.90 Å². The van der Waals surface area contributed by atoms with Gasteiger partial charge in [-0.1, -0.05) is 12.1 Å². The van der Waals surface area contributed by atoms with Crippen LogP contribution in [0, 0.1) is 6.92 Å². The van der Waals surface area contributed by atoms with Crippen LogP contribution in [0.5, 0.6) is 0 Å². The van der Waals surface area contributed by atoms with Crippen molar-refractivity contribution >= 4 is 21.4 Å². The summed E-state index contributed by atoms with van der Waals surface area (Å²) in [4.78, 5) is 13.1. The Hall–Kier alpha value is -1.56. The SMILES string of the molecule is CCN(C)C(=O)CS(=O)(=O)c1cccc(C)c1N. The molecule has 0 atom stereocenters. The van der Waals surface area contributed by atoms with Crippen LogP contribution in [0.2, 0.25) is 0 Å². The minimum atomic E-state index is -3.68. The number of sulfone groups is 1. The molecule has 6 heteroatoms. The van der Waals surface area contributed by atoms with Gasteiger partial charge in [0.25, 0.3) is 0 Å². The Kier molecular flexibility index (Phi) is 4.34. The number of nitrogens with zero attached hydrogens (tertiary/aromatic N) is 1. The van der Waals surface area contributed by atoms with E-state index in [0.29, 0.717) is 12.1 Å². The van der Waals surface area contributed by atoms with E-state index in [1.165, 1.54) is 11.0 Å². The minimum Gasteiger partial charge on any atom is -0.397 e. The lowest BCUT2D eigenvalue weighted by Gasteiger charge is -2.15. The summed E-state index contributed by atoms with van der Waals surface area (Å²) < 4.78 is 24.2. The van der Waals surface area contributed by atoms with Crippen molar-refractivity contribution in [3.05, 3.63) is 23.8 Å². The summed E-state index contributed by atoms with van der Waals surface area (Å²) in [7, 11) is -2.12. The van der Waals surface area contributed by atoms with Crippen LogP contribution in [-0.4, -0.2) is 38.6 Å². The zero-order valence-electron chi connectivity index (χ0n) is 10.8. The van der Waals surface area contributed by atoms with Crippen molar-refractivity contribution in [2.45, 2.75) is 18.7 Å². The molecule has 1 aromatic rings. The summed E-state index contributed by atoms with van der Waals surface area (Å²) in [5, 5.41) is 0. The van der Waals surface area contributed by atoms with Gasteiger partial charge in [-0.15, -0.1) is 0 Å². The molecular weight excluding hydrogens is 252 g/mol. The van der Waals surface area contributed by atoms with Crippen LogP contribution in [0.1, 0.15) is 12.5 Å². The van der Waals surface area contributed by atoms with Gasteiger partial charge >= 0.3 is 0 Å². The normalized spacial score (nSPS) is 11.3. The lowest BCUT2D eigenvalue weighted by molar-refractivity contribution is -0.126. The molecule has 5 nitrogen and oxygen atoms in total. The second-order valence-electron chi connectivity index (χ2n) is 4.15. The van der Waals surface area contributed by atoms with Gasteiger partial charge in [-0.05, 0) is 25.5 Å². The second-order valence-corrected chi connectivity index (χ2v) is 6.11. The molecule has 0 aliphatic rings. The van der Waals surface area contributed by atoms with E-state index in [0.717, 1.165) is 0 Å². The highest BCUT2D eigenvalue weighted by atomic mass is 32.2. The van der Waals surface area contributed by atoms with Crippen molar-refractivity contribution in [3.8, 4) is 0 Å². The van der Waals surface area contributed by atoms with Crippen LogP contribution in [-0.2, 0) is 14.6 Å². The number of aryl methyl sites for hydroxylation is 1. The summed E-state index contributed by atoms with van der Waals surface area (Å²) in [5.41, 5.74) is 6.65. The number of para-hydroxylation sites is 1. The number of hydrogen-bond donors (Lipinski definition) is 1. The highest BCUT2D eigenvalue weighted by Crippen LogP contribution is 2.22. The Balaban J connectivity index is 3.08. The van der Waals surface area contributed by atoms with Crippen molar-refractivity contribution in [2.24, 2.45) is 0 Å². The first-order valence-electron chi connectivity index (χ1n) is 5.61. The standard InChI is InChI=1S/C12H18N2O3S/c1-4-14(3)11(15)8-18(16,17)10-7-5-6-9(2)12(10)13/h5-7H,4,8,13H2,1-3H3. The quantitative estimate of drug-likeness (QED) is 0.822. The topological polar surface area (TPSA) is 80.5 Å². The van der Waals surface area contributed by atoms with Crippen molar-refractivity contribution in [3.63, 3.8) is 0 Å². The van der Waals surface area contributed by atoms with Gasteiger partial charge < -0.3 is 10.6 Å². The van der Waals surface area contributed by atoms with Gasteiger partial charge in [0.1, 0.15) is 5.75 Å². The summed E-state index contributed by atoms with van der Waals surface area (Å²) in [6.45, 7) is 3.98. The van der Waals surface area contributed by atoms with Gasteiger partial charge in [-0.3, -0.25) is 4.79 Å². The molecule has 1 amide bonds. The molecule has 0 unspecified atom stereocenters. The average molecular weight is 270 g/mol. The molecule has 0 saturated carbocycles. The number of benzene rings is 1. The van der Waals surface area contributed by atoms with Crippen molar-refractivity contribution < 1.29 is 13.2 Å². The highest BCUT2D eigenvalue weighted by molar-refractivity contribution is 7.92. The fourth-order valence-electron chi connectivity index (χ4n) is 1.45. The summed E-state index contributed by atoms with van der Waals surface area (Å²) in [5.74, 6) is -0.983. The van der Waals surface area contributed by atoms with E-state index in [4.69, 9.17) is 5.73 Å². The lowest BCUT2D eigenvalue weighted by Crippen LogP contribution is -2.32. The van der Waals surface area contributed by atoms with Crippen molar-refractivity contribution in [1.29, 1.82) is 0 Å². The number of rotatable bonds is 4. The van der Waals surface area contributed by atoms with E-state index in [-0.39, 0.29) is 10.6 Å². The van der Waals surface area contributed by atoms with Crippen LogP contribution in [0.3, 0.4) is 0 Å². The van der Waals surface area contributed by atoms with Gasteiger partial charge in [-0.25, -0.2) is 8.42 Å². The zero-order valence-corrected chi connectivity index (χ0v) is 11.6. The first kappa shape index (κ1) is 14.5. The van der Waals surface area contributed by atoms with Gasteiger partial charge in [0.2, 0.25) is 5.91 Å². The summed E-state index contributed by atoms with van der Waals surface area (Å²) in [6.07, 6.45) is 0. The monoisotopic (exact) mass is 270 g/mol. The third-order valence-electron chi connectivity index (χ3n) is 2.83. The number of anilines is 1. The Morgan fingerprint density at radius 1 is 1.39 bits per heavy atom. The number of amides is 1. The molecule has 1 aromatic carbocycles. The van der Waals surface area contributed by atoms with E-state index in [2.05, 4.69) is 0 Å². The van der Waals surface area contributed by atoms with Gasteiger partial charge in [0, 0.05) is 13.6 Å². The Morgan fingerprint density at radius 2 is 2.00 bits per heavy atom. The predicted octanol–water partition coefficient (Wildman–Crippen LogP) is 0.829. The van der Waals surface area contributed by atoms with Crippen LogP contribution in [0.15, 0.2) is 23.1 Å². The molecule has 100 valence electrons. The predicted molar refractivity (Wildman–Crippen MR) is 71.0 cm³/mol. The molecule has 0 aromatic heterocycles. The average Bonchev–Trinajstić information content (AvgIpc) is 2.30. The van der Waals surface area contributed by atoms with E-state index in [1.807, 2.05) is 0 Å². The van der Waals surface area contributed by atoms with E-state index in [1.54, 1.807) is 33.0 Å². The molecule has 18 heavy (non-hydrogen) atoms. The largest absolute Gasteiger partial charge is 0.397 e. The fraction of sp³-hybridized carbons (Fsp3) is 0.417. The van der Waals surface area contributed by atoms with Crippen LogP contribution in [0.25, 0.3) is 0 Å². The molecule has 0 heterocycles. The molecule has 0 aliphatic heterocycles. The molecular formula is C12H18N2O3S. The Labute approximate surface area is 108 Å². The second kappa shape index (κ2) is 5.39.